The molecule has 1 aliphatic rings. The van der Waals surface area contributed by atoms with Crippen molar-refractivity contribution in [2.75, 3.05) is 11.6 Å². The number of aliphatic imine (C=N–C) groups is 1. The molecule has 3 rings (SSSR count). The van der Waals surface area contributed by atoms with Crippen molar-refractivity contribution in [2.45, 2.75) is 39.2 Å². The van der Waals surface area contributed by atoms with Crippen LogP contribution in [0.1, 0.15) is 31.9 Å². The van der Waals surface area contributed by atoms with Crippen LogP contribution in [0.3, 0.4) is 0 Å². The van der Waals surface area contributed by atoms with Crippen LogP contribution < -0.4 is 15.8 Å². The lowest BCUT2D eigenvalue weighted by Crippen LogP contribution is -2.58. The number of hydrazine groups is 1. The van der Waals surface area contributed by atoms with E-state index in [1.807, 2.05) is 30.3 Å². The smallest absolute Gasteiger partial charge is 0.288 e. The molecular formula is C22H26N4O2. The minimum Gasteiger partial charge on any atom is -0.348 e. The number of hydrogen-bond acceptors (Lipinski definition) is 4. The Balaban J connectivity index is 1.73. The highest BCUT2D eigenvalue weighted by atomic mass is 16.2. The maximum atomic E-state index is 12.7. The Morgan fingerprint density at radius 1 is 1.14 bits per heavy atom. The number of carbonyl (C=O) groups excluding carboxylic acids is 2. The van der Waals surface area contributed by atoms with Crippen LogP contribution >= 0.6 is 0 Å². The number of benzene rings is 2. The van der Waals surface area contributed by atoms with Gasteiger partial charge in [0.2, 0.25) is 5.84 Å². The van der Waals surface area contributed by atoms with E-state index in [-0.39, 0.29) is 23.1 Å². The van der Waals surface area contributed by atoms with Crippen LogP contribution in [0, 0.1) is 6.92 Å². The third-order valence-electron chi connectivity index (χ3n) is 4.91. The normalized spacial score (nSPS) is 17.0. The molecule has 6 nitrogen and oxygen atoms in total. The number of para-hydroxylation sites is 1. The van der Waals surface area contributed by atoms with E-state index >= 15 is 0 Å². The zero-order chi connectivity index (χ0) is 20.3. The van der Waals surface area contributed by atoms with Gasteiger partial charge in [0.15, 0.2) is 0 Å². The molecule has 0 radical (unpaired) electrons. The van der Waals surface area contributed by atoms with Gasteiger partial charge in [-0.3, -0.25) is 15.0 Å². The van der Waals surface area contributed by atoms with Crippen LogP contribution in [0.25, 0.3) is 0 Å². The third-order valence-corrected chi connectivity index (χ3v) is 4.91. The molecule has 0 spiro atoms. The van der Waals surface area contributed by atoms with Crippen molar-refractivity contribution in [3.8, 4) is 0 Å². The molecule has 6 heteroatoms. The second-order valence-corrected chi connectivity index (χ2v) is 7.66. The summed E-state index contributed by atoms with van der Waals surface area (Å²) in [5.74, 6) is -0.401. The van der Waals surface area contributed by atoms with Crippen molar-refractivity contribution < 1.29 is 9.59 Å². The summed E-state index contributed by atoms with van der Waals surface area (Å²) in [4.78, 5) is 29.4. The van der Waals surface area contributed by atoms with Gasteiger partial charge in [-0.15, -0.1) is 0 Å². The van der Waals surface area contributed by atoms with E-state index < -0.39 is 6.04 Å². The molecule has 2 amide bonds. The molecule has 0 fully saturated rings. The monoisotopic (exact) mass is 378 g/mol. The SMILES string of the molecule is Cc1ccccc1C(C)(C)CNC(=O)C1=N[C@@H](C)C(=O)N(c2ccccc2)N1. The first kappa shape index (κ1) is 19.6. The van der Waals surface area contributed by atoms with Crippen LogP contribution in [0.4, 0.5) is 5.69 Å². The number of amidine groups is 1. The first-order chi connectivity index (χ1) is 13.3. The zero-order valence-electron chi connectivity index (χ0n) is 16.7. The molecule has 0 unspecified atom stereocenters. The molecule has 0 aliphatic carbocycles. The lowest BCUT2D eigenvalue weighted by molar-refractivity contribution is -0.120. The van der Waals surface area contributed by atoms with Gasteiger partial charge in [0.05, 0.1) is 5.69 Å². The Labute approximate surface area is 165 Å². The standard InChI is InChI=1S/C22H26N4O2/c1-15-10-8-9-13-18(15)22(3,4)14-23-20(27)19-24-16(2)21(28)26(25-19)17-11-6-5-7-12-17/h5-13,16H,14H2,1-4H3,(H,23,27)(H,24,25)/t16-/m0/s1. The van der Waals surface area contributed by atoms with E-state index in [1.54, 1.807) is 19.1 Å². The fraction of sp³-hybridized carbons (Fsp3) is 0.318. The van der Waals surface area contributed by atoms with Crippen LogP contribution in [0.2, 0.25) is 0 Å². The van der Waals surface area contributed by atoms with Crippen LogP contribution in [-0.4, -0.2) is 30.2 Å². The van der Waals surface area contributed by atoms with E-state index in [0.717, 1.165) is 0 Å². The van der Waals surface area contributed by atoms with Gasteiger partial charge in [0.25, 0.3) is 11.8 Å². The Hall–Kier alpha value is -3.15. The molecule has 0 saturated heterocycles. The van der Waals surface area contributed by atoms with Gasteiger partial charge in [-0.2, -0.15) is 0 Å². The largest absolute Gasteiger partial charge is 0.348 e. The molecule has 2 N–H and O–H groups in total. The fourth-order valence-electron chi connectivity index (χ4n) is 3.32. The summed E-state index contributed by atoms with van der Waals surface area (Å²) >= 11 is 0. The van der Waals surface area contributed by atoms with Crippen molar-refractivity contribution in [1.29, 1.82) is 0 Å². The maximum Gasteiger partial charge on any atom is 0.288 e. The number of anilines is 1. The number of rotatable bonds is 5. The Kier molecular flexibility index (Phi) is 5.49. The van der Waals surface area contributed by atoms with Gasteiger partial charge in [-0.25, -0.2) is 10.0 Å². The summed E-state index contributed by atoms with van der Waals surface area (Å²) < 4.78 is 0. The predicted molar refractivity (Wildman–Crippen MR) is 111 cm³/mol. The summed E-state index contributed by atoms with van der Waals surface area (Å²) in [5, 5.41) is 4.33. The quantitative estimate of drug-likeness (QED) is 0.840. The Bertz CT molecular complexity index is 906. The third kappa shape index (κ3) is 4.06. The first-order valence-corrected chi connectivity index (χ1v) is 9.37. The molecule has 2 aromatic carbocycles. The van der Waals surface area contributed by atoms with Gasteiger partial charge in [0.1, 0.15) is 6.04 Å². The highest BCUT2D eigenvalue weighted by molar-refractivity contribution is 6.39. The van der Waals surface area contributed by atoms with E-state index in [2.05, 4.69) is 48.6 Å². The number of carbonyl (C=O) groups is 2. The number of hydrogen-bond donors (Lipinski definition) is 2. The minimum absolute atomic E-state index is 0.136. The van der Waals surface area contributed by atoms with Crippen molar-refractivity contribution >= 4 is 23.3 Å². The lowest BCUT2D eigenvalue weighted by atomic mass is 9.82. The molecule has 0 saturated carbocycles. The van der Waals surface area contributed by atoms with Gasteiger partial charge in [0, 0.05) is 12.0 Å². The van der Waals surface area contributed by atoms with Crippen molar-refractivity contribution in [3.05, 3.63) is 65.7 Å². The highest BCUT2D eigenvalue weighted by Gasteiger charge is 2.31. The molecule has 2 aromatic rings. The summed E-state index contributed by atoms with van der Waals surface area (Å²) in [6.45, 7) is 8.38. The first-order valence-electron chi connectivity index (χ1n) is 9.37. The summed E-state index contributed by atoms with van der Waals surface area (Å²) in [5.41, 5.74) is 5.65. The average Bonchev–Trinajstić information content (AvgIpc) is 2.69. The fourth-order valence-corrected chi connectivity index (χ4v) is 3.32. The van der Waals surface area contributed by atoms with E-state index in [1.165, 1.54) is 16.1 Å². The van der Waals surface area contributed by atoms with Crippen molar-refractivity contribution in [1.82, 2.24) is 10.7 Å². The Morgan fingerprint density at radius 3 is 2.46 bits per heavy atom. The van der Waals surface area contributed by atoms with Gasteiger partial charge in [-0.1, -0.05) is 56.3 Å². The molecule has 0 bridgehead atoms. The molecule has 0 aromatic heterocycles. The summed E-state index contributed by atoms with van der Waals surface area (Å²) in [7, 11) is 0. The number of nitrogens with one attached hydrogen (secondary N) is 2. The Morgan fingerprint density at radius 2 is 1.79 bits per heavy atom. The van der Waals surface area contributed by atoms with Crippen LogP contribution in [0.5, 0.6) is 0 Å². The van der Waals surface area contributed by atoms with Gasteiger partial charge < -0.3 is 5.32 Å². The number of nitrogens with zero attached hydrogens (tertiary/aromatic N) is 2. The van der Waals surface area contributed by atoms with Gasteiger partial charge in [-0.05, 0) is 37.1 Å². The van der Waals surface area contributed by atoms with E-state index in [0.29, 0.717) is 12.2 Å². The molecule has 1 atom stereocenters. The number of amides is 2. The van der Waals surface area contributed by atoms with Crippen molar-refractivity contribution in [3.63, 3.8) is 0 Å². The van der Waals surface area contributed by atoms with E-state index in [4.69, 9.17) is 0 Å². The second kappa shape index (κ2) is 7.84. The molecule has 1 aliphatic heterocycles. The highest BCUT2D eigenvalue weighted by Crippen LogP contribution is 2.25. The average molecular weight is 378 g/mol. The van der Waals surface area contributed by atoms with Crippen LogP contribution in [0.15, 0.2) is 59.6 Å². The number of aryl methyl sites for hydroxylation is 1. The maximum absolute atomic E-state index is 12.7. The van der Waals surface area contributed by atoms with E-state index in [9.17, 15) is 9.59 Å². The lowest BCUT2D eigenvalue weighted by Gasteiger charge is -2.31. The van der Waals surface area contributed by atoms with Crippen LogP contribution in [-0.2, 0) is 15.0 Å². The summed E-state index contributed by atoms with van der Waals surface area (Å²) in [6.07, 6.45) is 0. The zero-order valence-corrected chi connectivity index (χ0v) is 16.7. The predicted octanol–water partition coefficient (Wildman–Crippen LogP) is 2.73. The molecule has 28 heavy (non-hydrogen) atoms. The minimum atomic E-state index is -0.633. The topological polar surface area (TPSA) is 73.8 Å². The molecular weight excluding hydrogens is 352 g/mol. The second-order valence-electron chi connectivity index (χ2n) is 7.66. The summed E-state index contributed by atoms with van der Waals surface area (Å²) in [6, 6.07) is 16.7. The molecule has 146 valence electrons. The molecule has 1 heterocycles. The van der Waals surface area contributed by atoms with Crippen molar-refractivity contribution in [2.24, 2.45) is 4.99 Å². The van der Waals surface area contributed by atoms with Gasteiger partial charge >= 0.3 is 0 Å².